The van der Waals surface area contributed by atoms with Gasteiger partial charge in [-0.05, 0) is 37.1 Å². The summed E-state index contributed by atoms with van der Waals surface area (Å²) >= 11 is 2.06. The smallest absolute Gasteiger partial charge is 0.0417 e. The normalized spacial score (nSPS) is 28.1. The lowest BCUT2D eigenvalue weighted by atomic mass is 9.99. The summed E-state index contributed by atoms with van der Waals surface area (Å²) in [4.78, 5) is 2.57. The van der Waals surface area contributed by atoms with Crippen molar-refractivity contribution >= 4 is 11.8 Å². The van der Waals surface area contributed by atoms with E-state index in [-0.39, 0.29) is 0 Å². The summed E-state index contributed by atoms with van der Waals surface area (Å²) in [7, 11) is 0. The lowest BCUT2D eigenvalue weighted by molar-refractivity contribution is 0.192. The van der Waals surface area contributed by atoms with Crippen LogP contribution in [0.2, 0.25) is 0 Å². The topological polar surface area (TPSA) is 15.3 Å². The van der Waals surface area contributed by atoms with Crippen molar-refractivity contribution in [2.24, 2.45) is 0 Å². The quantitative estimate of drug-likeness (QED) is 0.913. The Labute approximate surface area is 121 Å². The van der Waals surface area contributed by atoms with Crippen molar-refractivity contribution in [1.29, 1.82) is 0 Å². The number of piperidine rings is 1. The van der Waals surface area contributed by atoms with E-state index < -0.39 is 0 Å². The van der Waals surface area contributed by atoms with Gasteiger partial charge in [0.05, 0.1) is 0 Å². The number of nitrogens with one attached hydrogen (secondary N) is 1. The van der Waals surface area contributed by atoms with E-state index in [1.165, 1.54) is 55.1 Å². The van der Waals surface area contributed by atoms with E-state index in [1.807, 2.05) is 0 Å². The van der Waals surface area contributed by atoms with E-state index in [0.717, 1.165) is 0 Å². The highest BCUT2D eigenvalue weighted by Gasteiger charge is 2.25. The molecule has 2 aliphatic rings. The van der Waals surface area contributed by atoms with E-state index in [2.05, 4.69) is 53.2 Å². The van der Waals surface area contributed by atoms with Crippen molar-refractivity contribution in [3.05, 3.63) is 35.4 Å². The van der Waals surface area contributed by atoms with Gasteiger partial charge in [0.25, 0.3) is 0 Å². The van der Waals surface area contributed by atoms with Gasteiger partial charge in [-0.25, -0.2) is 0 Å². The second-order valence-electron chi connectivity index (χ2n) is 5.67. The molecule has 0 radical (unpaired) electrons. The largest absolute Gasteiger partial charge is 0.305 e. The Morgan fingerprint density at radius 1 is 1.37 bits per heavy atom. The highest BCUT2D eigenvalue weighted by molar-refractivity contribution is 7.98. The minimum atomic E-state index is 0.553. The first kappa shape index (κ1) is 13.5. The molecule has 0 saturated carbocycles. The summed E-state index contributed by atoms with van der Waals surface area (Å²) in [6.07, 6.45) is 2.67. The van der Waals surface area contributed by atoms with Gasteiger partial charge in [0.15, 0.2) is 0 Å². The maximum atomic E-state index is 3.92. The molecule has 19 heavy (non-hydrogen) atoms. The highest BCUT2D eigenvalue weighted by atomic mass is 32.2. The van der Waals surface area contributed by atoms with Crippen molar-refractivity contribution in [2.75, 3.05) is 25.4 Å². The predicted molar refractivity (Wildman–Crippen MR) is 83.6 cm³/mol. The van der Waals surface area contributed by atoms with Gasteiger partial charge >= 0.3 is 0 Å². The third-order valence-electron chi connectivity index (χ3n) is 4.36. The Balaban J connectivity index is 1.67. The maximum Gasteiger partial charge on any atom is 0.0417 e. The molecule has 0 aromatic heterocycles. The molecule has 3 rings (SSSR count). The molecule has 1 saturated heterocycles. The van der Waals surface area contributed by atoms with Crippen LogP contribution in [-0.4, -0.2) is 36.3 Å². The van der Waals surface area contributed by atoms with Crippen molar-refractivity contribution in [3.63, 3.8) is 0 Å². The second-order valence-corrected chi connectivity index (χ2v) is 6.70. The average molecular weight is 276 g/mol. The van der Waals surface area contributed by atoms with Crippen LogP contribution in [0.1, 0.15) is 36.9 Å². The molecule has 1 aromatic carbocycles. The van der Waals surface area contributed by atoms with Crippen LogP contribution in [0, 0.1) is 0 Å². The standard InChI is InChI=1S/C16H24N2S/c1-2-18-9-5-7-14(10-18)17-16-12-19-11-13-6-3-4-8-15(13)16/h3-4,6,8,14,16-17H,2,5,7,9-12H2,1H3. The third kappa shape index (κ3) is 3.15. The first-order valence-corrected chi connectivity index (χ1v) is 8.66. The summed E-state index contributed by atoms with van der Waals surface area (Å²) in [6.45, 7) is 5.97. The van der Waals surface area contributed by atoms with Gasteiger partial charge in [-0.3, -0.25) is 0 Å². The molecule has 0 amide bonds. The summed E-state index contributed by atoms with van der Waals surface area (Å²) < 4.78 is 0. The summed E-state index contributed by atoms with van der Waals surface area (Å²) in [5.41, 5.74) is 3.06. The van der Waals surface area contributed by atoms with Crippen molar-refractivity contribution < 1.29 is 0 Å². The first-order valence-electron chi connectivity index (χ1n) is 7.50. The fourth-order valence-corrected chi connectivity index (χ4v) is 4.40. The summed E-state index contributed by atoms with van der Waals surface area (Å²) in [5, 5.41) is 3.92. The number of likely N-dealkylation sites (tertiary alicyclic amines) is 1. The second kappa shape index (κ2) is 6.29. The number of nitrogens with zero attached hydrogens (tertiary/aromatic N) is 1. The van der Waals surface area contributed by atoms with Gasteiger partial charge in [-0.1, -0.05) is 31.2 Å². The molecule has 0 aliphatic carbocycles. The average Bonchev–Trinajstić information content (AvgIpc) is 2.48. The van der Waals surface area contributed by atoms with Crippen LogP contribution in [0.15, 0.2) is 24.3 Å². The number of thioether (sulfide) groups is 1. The van der Waals surface area contributed by atoms with E-state index >= 15 is 0 Å². The third-order valence-corrected chi connectivity index (χ3v) is 5.45. The summed E-state index contributed by atoms with van der Waals surface area (Å²) in [5.74, 6) is 2.40. The molecule has 1 fully saturated rings. The molecule has 1 N–H and O–H groups in total. The molecule has 2 aliphatic heterocycles. The fraction of sp³-hybridized carbons (Fsp3) is 0.625. The number of fused-ring (bicyclic) bond motifs is 1. The molecule has 3 heteroatoms. The summed E-state index contributed by atoms with van der Waals surface area (Å²) in [6, 6.07) is 10.2. The van der Waals surface area contributed by atoms with Crippen LogP contribution >= 0.6 is 11.8 Å². The van der Waals surface area contributed by atoms with E-state index in [9.17, 15) is 0 Å². The van der Waals surface area contributed by atoms with Gasteiger partial charge in [0, 0.05) is 30.1 Å². The van der Waals surface area contributed by atoms with Gasteiger partial charge in [0.2, 0.25) is 0 Å². The number of hydrogen-bond donors (Lipinski definition) is 1. The Kier molecular flexibility index (Phi) is 4.46. The molecule has 2 nitrogen and oxygen atoms in total. The van der Waals surface area contributed by atoms with E-state index in [1.54, 1.807) is 0 Å². The minimum absolute atomic E-state index is 0.553. The Bertz CT molecular complexity index is 421. The Morgan fingerprint density at radius 3 is 3.16 bits per heavy atom. The molecule has 0 spiro atoms. The molecule has 2 heterocycles. The van der Waals surface area contributed by atoms with Gasteiger partial charge < -0.3 is 10.2 Å². The molecular formula is C16H24N2S. The van der Waals surface area contributed by atoms with Crippen LogP contribution in [0.5, 0.6) is 0 Å². The molecule has 2 atom stereocenters. The first-order chi connectivity index (χ1) is 9.36. The molecule has 0 bridgehead atoms. The van der Waals surface area contributed by atoms with Gasteiger partial charge in [0.1, 0.15) is 0 Å². The minimum Gasteiger partial charge on any atom is -0.305 e. The number of hydrogen-bond acceptors (Lipinski definition) is 3. The van der Waals surface area contributed by atoms with Crippen LogP contribution in [-0.2, 0) is 5.75 Å². The number of rotatable bonds is 3. The number of benzene rings is 1. The van der Waals surface area contributed by atoms with E-state index in [4.69, 9.17) is 0 Å². The van der Waals surface area contributed by atoms with Gasteiger partial charge in [-0.15, -0.1) is 0 Å². The molecule has 2 unspecified atom stereocenters. The molecule has 104 valence electrons. The molecule has 1 aromatic rings. The zero-order chi connectivity index (χ0) is 13.1. The Hall–Kier alpha value is -0.510. The van der Waals surface area contributed by atoms with Crippen LogP contribution in [0.25, 0.3) is 0 Å². The lowest BCUT2D eigenvalue weighted by Gasteiger charge is -2.36. The number of likely N-dealkylation sites (N-methyl/N-ethyl adjacent to an activating group) is 1. The monoisotopic (exact) mass is 276 g/mol. The van der Waals surface area contributed by atoms with Crippen molar-refractivity contribution in [3.8, 4) is 0 Å². The van der Waals surface area contributed by atoms with Crippen LogP contribution in [0.3, 0.4) is 0 Å². The molecular weight excluding hydrogens is 252 g/mol. The van der Waals surface area contributed by atoms with E-state index in [0.29, 0.717) is 12.1 Å². The van der Waals surface area contributed by atoms with Crippen LogP contribution in [0.4, 0.5) is 0 Å². The fourth-order valence-electron chi connectivity index (χ4n) is 3.28. The van der Waals surface area contributed by atoms with Crippen LogP contribution < -0.4 is 5.32 Å². The lowest BCUT2D eigenvalue weighted by Crippen LogP contribution is -2.47. The maximum absolute atomic E-state index is 3.92. The zero-order valence-electron chi connectivity index (χ0n) is 11.8. The highest BCUT2D eigenvalue weighted by Crippen LogP contribution is 2.32. The zero-order valence-corrected chi connectivity index (χ0v) is 12.6. The van der Waals surface area contributed by atoms with Gasteiger partial charge in [-0.2, -0.15) is 11.8 Å². The SMILES string of the molecule is CCN1CCCC(NC2CSCc3ccccc32)C1. The van der Waals surface area contributed by atoms with Crippen molar-refractivity contribution in [1.82, 2.24) is 10.2 Å². The predicted octanol–water partition coefficient (Wildman–Crippen LogP) is 3.05. The Morgan fingerprint density at radius 2 is 2.26 bits per heavy atom. The van der Waals surface area contributed by atoms with Crippen molar-refractivity contribution in [2.45, 2.75) is 37.6 Å².